The number of methoxy groups -OCH3 is 1. The summed E-state index contributed by atoms with van der Waals surface area (Å²) in [6, 6.07) is 9.69. The lowest BCUT2D eigenvalue weighted by Crippen LogP contribution is -2.49. The van der Waals surface area contributed by atoms with Crippen LogP contribution in [0.5, 0.6) is 0 Å². The van der Waals surface area contributed by atoms with Gasteiger partial charge in [-0.3, -0.25) is 4.79 Å². The normalized spacial score (nSPS) is 23.2. The van der Waals surface area contributed by atoms with Crippen molar-refractivity contribution in [3.05, 3.63) is 54.1 Å². The molecule has 0 spiro atoms. The average Bonchev–Trinajstić information content (AvgIpc) is 3.02. The van der Waals surface area contributed by atoms with Crippen molar-refractivity contribution >= 4 is 17.4 Å². The zero-order chi connectivity index (χ0) is 17.2. The van der Waals surface area contributed by atoms with Gasteiger partial charge >= 0.3 is 5.97 Å². The van der Waals surface area contributed by atoms with Crippen molar-refractivity contribution in [2.75, 3.05) is 13.7 Å². The predicted octanol–water partition coefficient (Wildman–Crippen LogP) is 3.34. The number of hydrogen-bond acceptors (Lipinski definition) is 4. The van der Waals surface area contributed by atoms with Crippen molar-refractivity contribution in [1.29, 1.82) is 0 Å². The average molecular weight is 325 g/mol. The number of esters is 1. The molecule has 1 atom stereocenters. The Morgan fingerprint density at radius 3 is 2.79 bits per heavy atom. The van der Waals surface area contributed by atoms with E-state index in [1.807, 2.05) is 36.4 Å². The topological polar surface area (TPSA) is 46.6 Å². The van der Waals surface area contributed by atoms with Crippen molar-refractivity contribution in [3.8, 4) is 0 Å². The maximum absolute atomic E-state index is 12.9. The summed E-state index contributed by atoms with van der Waals surface area (Å²) < 4.78 is 4.91. The Labute approximate surface area is 142 Å². The summed E-state index contributed by atoms with van der Waals surface area (Å²) in [6.45, 7) is 4.68. The summed E-state index contributed by atoms with van der Waals surface area (Å²) >= 11 is 0. The molecule has 0 bridgehead atoms. The summed E-state index contributed by atoms with van der Waals surface area (Å²) in [5, 5.41) is 0. The van der Waals surface area contributed by atoms with E-state index in [1.54, 1.807) is 0 Å². The number of fused-ring (bicyclic) bond motifs is 1. The maximum atomic E-state index is 12.9. The molecule has 2 aliphatic heterocycles. The second-order valence-electron chi connectivity index (χ2n) is 6.49. The van der Waals surface area contributed by atoms with Crippen LogP contribution in [0.2, 0.25) is 0 Å². The quantitative estimate of drug-likeness (QED) is 0.473. The number of ketones is 1. The molecule has 2 aliphatic rings. The lowest BCUT2D eigenvalue weighted by atomic mass is 9.79. The summed E-state index contributed by atoms with van der Waals surface area (Å²) in [7, 11) is 1.33. The minimum atomic E-state index is -0.539. The Bertz CT molecular complexity index is 692. The first-order chi connectivity index (χ1) is 11.6. The van der Waals surface area contributed by atoms with Crippen LogP contribution in [0.1, 0.15) is 37.7 Å². The predicted molar refractivity (Wildman–Crippen MR) is 93.1 cm³/mol. The Hall–Kier alpha value is -2.36. The summed E-state index contributed by atoms with van der Waals surface area (Å²) in [5.41, 5.74) is 1.63. The van der Waals surface area contributed by atoms with Gasteiger partial charge in [0.1, 0.15) is 5.57 Å². The van der Waals surface area contributed by atoms with Crippen LogP contribution in [0.15, 0.2) is 48.6 Å². The van der Waals surface area contributed by atoms with E-state index in [4.69, 9.17) is 4.74 Å². The van der Waals surface area contributed by atoms with Crippen LogP contribution in [-0.2, 0) is 14.3 Å². The fourth-order valence-electron chi connectivity index (χ4n) is 4.05. The molecule has 1 aromatic carbocycles. The van der Waals surface area contributed by atoms with Gasteiger partial charge in [0, 0.05) is 18.5 Å². The molecule has 1 saturated heterocycles. The number of ether oxygens (including phenoxy) is 1. The molecule has 3 rings (SSSR count). The van der Waals surface area contributed by atoms with Gasteiger partial charge in [-0.2, -0.15) is 0 Å². The number of Topliss-reactive ketones (excluding diaryl/α,β-unsaturated/α-hetero) is 1. The number of rotatable bonds is 5. The highest BCUT2D eigenvalue weighted by atomic mass is 16.5. The number of nitrogens with zero attached hydrogens (tertiary/aromatic N) is 1. The van der Waals surface area contributed by atoms with Crippen molar-refractivity contribution in [2.24, 2.45) is 0 Å². The Balaban J connectivity index is 2.16. The third-order valence-electron chi connectivity index (χ3n) is 5.12. The number of carbonyl (C=O) groups is 2. The van der Waals surface area contributed by atoms with E-state index in [-0.39, 0.29) is 16.9 Å². The molecule has 4 heteroatoms. The first kappa shape index (κ1) is 16.5. The number of allylic oxidation sites excluding steroid dienone is 1. The van der Waals surface area contributed by atoms with E-state index in [1.165, 1.54) is 7.11 Å². The molecule has 0 N–H and O–H groups in total. The molecule has 126 valence electrons. The van der Waals surface area contributed by atoms with Gasteiger partial charge in [0.2, 0.25) is 0 Å². The molecule has 0 aromatic heterocycles. The molecule has 1 aromatic rings. The van der Waals surface area contributed by atoms with E-state index < -0.39 is 5.97 Å². The van der Waals surface area contributed by atoms with Crippen molar-refractivity contribution in [2.45, 2.75) is 37.6 Å². The van der Waals surface area contributed by atoms with Gasteiger partial charge in [-0.15, -0.1) is 6.58 Å². The molecule has 1 fully saturated rings. The lowest BCUT2D eigenvalue weighted by Gasteiger charge is -2.45. The zero-order valence-corrected chi connectivity index (χ0v) is 14.1. The van der Waals surface area contributed by atoms with Gasteiger partial charge in [-0.05, 0) is 31.2 Å². The first-order valence-electron chi connectivity index (χ1n) is 8.43. The minimum Gasteiger partial charge on any atom is -0.465 e. The molecule has 0 unspecified atom stereocenters. The molecular formula is C20H23NO3. The Kier molecular flexibility index (Phi) is 4.56. The number of carbonyl (C=O) groups excluding carboxylic acids is 2. The van der Waals surface area contributed by atoms with Gasteiger partial charge < -0.3 is 9.64 Å². The molecule has 0 aliphatic carbocycles. The van der Waals surface area contributed by atoms with E-state index in [2.05, 4.69) is 11.5 Å². The van der Waals surface area contributed by atoms with Gasteiger partial charge in [-0.25, -0.2) is 4.79 Å². The minimum absolute atomic E-state index is 0.108. The van der Waals surface area contributed by atoms with E-state index in [9.17, 15) is 9.59 Å². The summed E-state index contributed by atoms with van der Waals surface area (Å²) in [4.78, 5) is 27.5. The zero-order valence-electron chi connectivity index (χ0n) is 14.1. The smallest absolute Gasteiger partial charge is 0.343 e. The van der Waals surface area contributed by atoms with Crippen molar-refractivity contribution in [1.82, 2.24) is 4.90 Å². The molecule has 0 saturated carbocycles. The van der Waals surface area contributed by atoms with Crippen LogP contribution >= 0.6 is 0 Å². The van der Waals surface area contributed by atoms with Crippen LogP contribution in [0.3, 0.4) is 0 Å². The third-order valence-corrected chi connectivity index (χ3v) is 5.12. The third kappa shape index (κ3) is 2.66. The molecule has 4 nitrogen and oxygen atoms in total. The monoisotopic (exact) mass is 325 g/mol. The van der Waals surface area contributed by atoms with Gasteiger partial charge in [0.05, 0.1) is 12.8 Å². The fourth-order valence-corrected chi connectivity index (χ4v) is 4.05. The van der Waals surface area contributed by atoms with Crippen molar-refractivity contribution in [3.63, 3.8) is 0 Å². The number of hydrogen-bond donors (Lipinski definition) is 0. The summed E-state index contributed by atoms with van der Waals surface area (Å²) in [6.07, 6.45) is 6.01. The van der Waals surface area contributed by atoms with Gasteiger partial charge in [-0.1, -0.05) is 36.4 Å². The molecule has 0 amide bonds. The van der Waals surface area contributed by atoms with Crippen LogP contribution in [0, 0.1) is 0 Å². The first-order valence-corrected chi connectivity index (χ1v) is 8.43. The van der Waals surface area contributed by atoms with Crippen LogP contribution in [0.25, 0.3) is 5.70 Å². The molecule has 0 radical (unpaired) electrons. The molecule has 2 heterocycles. The second kappa shape index (κ2) is 6.63. The highest BCUT2D eigenvalue weighted by Gasteiger charge is 2.49. The molecular weight excluding hydrogens is 302 g/mol. The van der Waals surface area contributed by atoms with Crippen LogP contribution in [0.4, 0.5) is 0 Å². The SMILES string of the molecule is C=CCC[C@]12CCCN1C(c1ccccc1)=C(C(=O)OC)C(=O)C2. The van der Waals surface area contributed by atoms with Gasteiger partial charge in [0.15, 0.2) is 5.78 Å². The lowest BCUT2D eigenvalue weighted by molar-refractivity contribution is -0.138. The second-order valence-corrected chi connectivity index (χ2v) is 6.49. The van der Waals surface area contributed by atoms with Crippen LogP contribution < -0.4 is 0 Å². The van der Waals surface area contributed by atoms with Crippen molar-refractivity contribution < 1.29 is 14.3 Å². The Morgan fingerprint density at radius 2 is 2.12 bits per heavy atom. The maximum Gasteiger partial charge on any atom is 0.343 e. The fraction of sp³-hybridized carbons (Fsp3) is 0.400. The number of benzene rings is 1. The van der Waals surface area contributed by atoms with E-state index >= 15 is 0 Å². The van der Waals surface area contributed by atoms with E-state index in [0.29, 0.717) is 6.42 Å². The highest BCUT2D eigenvalue weighted by Crippen LogP contribution is 2.47. The molecule has 24 heavy (non-hydrogen) atoms. The van der Waals surface area contributed by atoms with Crippen LogP contribution in [-0.4, -0.2) is 35.8 Å². The highest BCUT2D eigenvalue weighted by molar-refractivity contribution is 6.23. The standard InChI is InChI=1S/C20H23NO3/c1-3-4-11-20-12-8-13-21(20)18(15-9-6-5-7-10-15)17(16(22)14-20)19(23)24-2/h3,5-7,9-10H,1,4,8,11-14H2,2H3/t20-/m1/s1. The van der Waals surface area contributed by atoms with Gasteiger partial charge in [0.25, 0.3) is 0 Å². The van der Waals surface area contributed by atoms with E-state index in [0.717, 1.165) is 43.5 Å². The summed E-state index contributed by atoms with van der Waals surface area (Å²) in [5.74, 6) is -0.647. The Morgan fingerprint density at radius 1 is 1.38 bits per heavy atom. The largest absolute Gasteiger partial charge is 0.465 e.